The number of aryl methyl sites for hydroxylation is 1. The summed E-state index contributed by atoms with van der Waals surface area (Å²) < 4.78 is 20.8. The number of rotatable bonds is 4. The molecule has 2 aromatic rings. The SMILES string of the molecule is Cl.Cn1ccnc1C1CNCCN1C(=O)COc1ccccc1F. The summed E-state index contributed by atoms with van der Waals surface area (Å²) in [7, 11) is 1.90. The first-order valence-corrected chi connectivity index (χ1v) is 7.51. The average Bonchev–Trinajstić information content (AvgIpc) is 3.00. The van der Waals surface area contributed by atoms with Crippen molar-refractivity contribution in [1.82, 2.24) is 19.8 Å². The molecule has 2 heterocycles. The van der Waals surface area contributed by atoms with Crippen molar-refractivity contribution >= 4 is 18.3 Å². The van der Waals surface area contributed by atoms with E-state index < -0.39 is 5.82 Å². The van der Waals surface area contributed by atoms with Gasteiger partial charge in [-0.3, -0.25) is 4.79 Å². The standard InChI is InChI=1S/C16H19FN4O2.ClH/c1-20-8-7-19-16(20)13-10-18-6-9-21(13)15(22)11-23-14-5-3-2-4-12(14)17;/h2-5,7-8,13,18H,6,9-11H2,1H3;1H. The van der Waals surface area contributed by atoms with Gasteiger partial charge in [0, 0.05) is 39.1 Å². The number of aromatic nitrogens is 2. The summed E-state index contributed by atoms with van der Waals surface area (Å²) in [5.74, 6) is 0.255. The normalized spacial score (nSPS) is 17.2. The van der Waals surface area contributed by atoms with Crippen molar-refractivity contribution in [3.8, 4) is 5.75 Å². The molecule has 24 heavy (non-hydrogen) atoms. The first-order valence-electron chi connectivity index (χ1n) is 7.51. The lowest BCUT2D eigenvalue weighted by molar-refractivity contribution is -0.137. The minimum Gasteiger partial charge on any atom is -0.481 e. The summed E-state index contributed by atoms with van der Waals surface area (Å²) in [6.07, 6.45) is 3.56. The topological polar surface area (TPSA) is 59.4 Å². The van der Waals surface area contributed by atoms with E-state index in [1.165, 1.54) is 12.1 Å². The fourth-order valence-corrected chi connectivity index (χ4v) is 2.72. The highest BCUT2D eigenvalue weighted by Crippen LogP contribution is 2.21. The van der Waals surface area contributed by atoms with Crippen LogP contribution in [0, 0.1) is 5.82 Å². The maximum Gasteiger partial charge on any atom is 0.261 e. The molecule has 1 aromatic carbocycles. The Morgan fingerprint density at radius 2 is 2.25 bits per heavy atom. The number of halogens is 2. The minimum atomic E-state index is -0.471. The third-order valence-corrected chi connectivity index (χ3v) is 3.91. The third kappa shape index (κ3) is 3.85. The van der Waals surface area contributed by atoms with Gasteiger partial charge < -0.3 is 19.5 Å². The Hall–Kier alpha value is -2.12. The molecule has 1 fully saturated rings. The van der Waals surface area contributed by atoms with E-state index >= 15 is 0 Å². The molecule has 8 heteroatoms. The second-order valence-corrected chi connectivity index (χ2v) is 5.42. The average molecular weight is 355 g/mol. The minimum absolute atomic E-state index is 0. The zero-order chi connectivity index (χ0) is 16.2. The van der Waals surface area contributed by atoms with Gasteiger partial charge in [-0.15, -0.1) is 12.4 Å². The molecule has 1 aliphatic rings. The van der Waals surface area contributed by atoms with E-state index in [4.69, 9.17) is 4.74 Å². The van der Waals surface area contributed by atoms with Crippen LogP contribution in [0.15, 0.2) is 36.7 Å². The van der Waals surface area contributed by atoms with Crippen LogP contribution in [0.4, 0.5) is 4.39 Å². The number of ether oxygens (including phenoxy) is 1. The molecule has 0 saturated carbocycles. The van der Waals surface area contributed by atoms with Crippen molar-refractivity contribution in [1.29, 1.82) is 0 Å². The summed E-state index contributed by atoms with van der Waals surface area (Å²) in [4.78, 5) is 18.6. The highest BCUT2D eigenvalue weighted by molar-refractivity contribution is 5.85. The van der Waals surface area contributed by atoms with E-state index in [9.17, 15) is 9.18 Å². The Kier molecular flexibility index (Phi) is 6.16. The highest BCUT2D eigenvalue weighted by Gasteiger charge is 2.30. The van der Waals surface area contributed by atoms with Crippen molar-refractivity contribution in [3.63, 3.8) is 0 Å². The summed E-state index contributed by atoms with van der Waals surface area (Å²) in [5.41, 5.74) is 0. The predicted molar refractivity (Wildman–Crippen MR) is 89.7 cm³/mol. The van der Waals surface area contributed by atoms with E-state index in [2.05, 4.69) is 10.3 Å². The Balaban J connectivity index is 0.00000208. The second kappa shape index (κ2) is 8.12. The molecule has 1 amide bonds. The predicted octanol–water partition coefficient (Wildman–Crippen LogP) is 1.53. The van der Waals surface area contributed by atoms with Crippen molar-refractivity contribution in [2.24, 2.45) is 7.05 Å². The molecule has 1 aromatic heterocycles. The van der Waals surface area contributed by atoms with E-state index in [1.807, 2.05) is 17.8 Å². The van der Waals surface area contributed by atoms with E-state index in [0.717, 1.165) is 5.82 Å². The summed E-state index contributed by atoms with van der Waals surface area (Å²) >= 11 is 0. The lowest BCUT2D eigenvalue weighted by Crippen LogP contribution is -2.50. The van der Waals surface area contributed by atoms with Crippen LogP contribution in [0.3, 0.4) is 0 Å². The van der Waals surface area contributed by atoms with Crippen LogP contribution in [-0.2, 0) is 11.8 Å². The Morgan fingerprint density at radius 3 is 2.96 bits per heavy atom. The number of carbonyl (C=O) groups excluding carboxylic acids is 1. The molecule has 1 unspecified atom stereocenters. The van der Waals surface area contributed by atoms with E-state index in [1.54, 1.807) is 23.2 Å². The molecule has 1 saturated heterocycles. The second-order valence-electron chi connectivity index (χ2n) is 5.42. The van der Waals surface area contributed by atoms with Crippen LogP contribution in [0.5, 0.6) is 5.75 Å². The van der Waals surface area contributed by atoms with Crippen LogP contribution in [0.25, 0.3) is 0 Å². The molecule has 1 aliphatic heterocycles. The molecule has 0 bridgehead atoms. The van der Waals surface area contributed by atoms with Crippen molar-refractivity contribution in [2.45, 2.75) is 6.04 Å². The lowest BCUT2D eigenvalue weighted by Gasteiger charge is -2.35. The van der Waals surface area contributed by atoms with E-state index in [0.29, 0.717) is 19.6 Å². The fourth-order valence-electron chi connectivity index (χ4n) is 2.72. The molecule has 1 atom stereocenters. The van der Waals surface area contributed by atoms with Gasteiger partial charge in [-0.25, -0.2) is 9.37 Å². The maximum absolute atomic E-state index is 13.6. The number of nitrogens with zero attached hydrogens (tertiary/aromatic N) is 3. The third-order valence-electron chi connectivity index (χ3n) is 3.91. The molecule has 0 aliphatic carbocycles. The molecule has 1 N–H and O–H groups in total. The first kappa shape index (κ1) is 18.2. The summed E-state index contributed by atoms with van der Waals surface area (Å²) in [6, 6.07) is 5.92. The number of amides is 1. The van der Waals surface area contributed by atoms with Crippen molar-refractivity contribution in [3.05, 3.63) is 48.3 Å². The lowest BCUT2D eigenvalue weighted by atomic mass is 10.1. The molecular weight excluding hydrogens is 335 g/mol. The van der Waals surface area contributed by atoms with Crippen LogP contribution in [-0.4, -0.2) is 46.6 Å². The van der Waals surface area contributed by atoms with Gasteiger partial charge >= 0.3 is 0 Å². The largest absolute Gasteiger partial charge is 0.481 e. The zero-order valence-corrected chi connectivity index (χ0v) is 14.1. The number of benzene rings is 1. The van der Waals surface area contributed by atoms with Gasteiger partial charge in [0.15, 0.2) is 18.2 Å². The van der Waals surface area contributed by atoms with Gasteiger partial charge in [-0.1, -0.05) is 12.1 Å². The number of piperazine rings is 1. The molecular formula is C16H20ClFN4O2. The van der Waals surface area contributed by atoms with Gasteiger partial charge in [0.1, 0.15) is 11.9 Å². The molecule has 3 rings (SSSR count). The Labute approximate surface area is 146 Å². The number of hydrogen-bond donors (Lipinski definition) is 1. The van der Waals surface area contributed by atoms with Gasteiger partial charge in [-0.2, -0.15) is 0 Å². The number of carbonyl (C=O) groups is 1. The molecule has 6 nitrogen and oxygen atoms in total. The molecule has 0 spiro atoms. The van der Waals surface area contributed by atoms with Crippen molar-refractivity contribution < 1.29 is 13.9 Å². The van der Waals surface area contributed by atoms with Crippen molar-refractivity contribution in [2.75, 3.05) is 26.2 Å². The number of nitrogens with one attached hydrogen (secondary N) is 1. The van der Waals surface area contributed by atoms with Gasteiger partial charge in [-0.05, 0) is 12.1 Å². The van der Waals surface area contributed by atoms with Crippen LogP contribution < -0.4 is 10.1 Å². The van der Waals surface area contributed by atoms with Crippen LogP contribution in [0.2, 0.25) is 0 Å². The number of imidazole rings is 1. The Bertz CT molecular complexity index is 694. The maximum atomic E-state index is 13.6. The van der Waals surface area contributed by atoms with Crippen LogP contribution >= 0.6 is 12.4 Å². The van der Waals surface area contributed by atoms with Crippen LogP contribution in [0.1, 0.15) is 11.9 Å². The number of hydrogen-bond acceptors (Lipinski definition) is 4. The zero-order valence-electron chi connectivity index (χ0n) is 13.3. The molecule has 130 valence electrons. The smallest absolute Gasteiger partial charge is 0.261 e. The Morgan fingerprint density at radius 1 is 1.46 bits per heavy atom. The van der Waals surface area contributed by atoms with E-state index in [-0.39, 0.29) is 36.7 Å². The number of para-hydroxylation sites is 1. The first-order chi connectivity index (χ1) is 11.2. The van der Waals surface area contributed by atoms with Gasteiger partial charge in [0.05, 0.1) is 0 Å². The summed E-state index contributed by atoms with van der Waals surface area (Å²) in [5, 5.41) is 3.27. The fraction of sp³-hybridized carbons (Fsp3) is 0.375. The molecule has 0 radical (unpaired) electrons. The van der Waals surface area contributed by atoms with Gasteiger partial charge in [0.25, 0.3) is 5.91 Å². The van der Waals surface area contributed by atoms with Gasteiger partial charge in [0.2, 0.25) is 0 Å². The monoisotopic (exact) mass is 354 g/mol. The quantitative estimate of drug-likeness (QED) is 0.904. The highest BCUT2D eigenvalue weighted by atomic mass is 35.5. The summed E-state index contributed by atoms with van der Waals surface area (Å²) in [6.45, 7) is 1.72.